The number of para-hydroxylation sites is 2. The quantitative estimate of drug-likeness (QED) is 0.847. The second-order valence-corrected chi connectivity index (χ2v) is 4.49. The van der Waals surface area contributed by atoms with Gasteiger partial charge in [0.15, 0.2) is 0 Å². The van der Waals surface area contributed by atoms with Crippen LogP contribution in [0.15, 0.2) is 42.5 Å². The summed E-state index contributed by atoms with van der Waals surface area (Å²) in [7, 11) is 1.50. The molecule has 2 aromatic carbocycles. The van der Waals surface area contributed by atoms with E-state index in [0.29, 0.717) is 23.7 Å². The van der Waals surface area contributed by atoms with Crippen molar-refractivity contribution < 1.29 is 14.6 Å². The van der Waals surface area contributed by atoms with Crippen LogP contribution in [0.2, 0.25) is 0 Å². The van der Waals surface area contributed by atoms with E-state index in [0.717, 1.165) is 0 Å². The number of rotatable bonds is 4. The summed E-state index contributed by atoms with van der Waals surface area (Å²) in [6.45, 7) is 2.30. The summed E-state index contributed by atoms with van der Waals surface area (Å²) < 4.78 is 5.02. The lowest BCUT2D eigenvalue weighted by atomic mass is 10.1. The number of benzene rings is 2. The average molecular weight is 286 g/mol. The lowest BCUT2D eigenvalue weighted by molar-refractivity contribution is 0.0986. The van der Waals surface area contributed by atoms with Crippen molar-refractivity contribution in [2.75, 3.05) is 24.3 Å². The molecule has 0 saturated carbocycles. The first kappa shape index (κ1) is 14.7. The molecule has 0 bridgehead atoms. The van der Waals surface area contributed by atoms with Crippen molar-refractivity contribution in [3.63, 3.8) is 0 Å². The van der Waals surface area contributed by atoms with Crippen LogP contribution in [0.3, 0.4) is 0 Å². The molecular weight excluding hydrogens is 268 g/mol. The van der Waals surface area contributed by atoms with Crippen LogP contribution in [0.4, 0.5) is 11.4 Å². The molecule has 0 aliphatic carbocycles. The maximum atomic E-state index is 12.6. The Hall–Kier alpha value is -2.69. The molecule has 0 heterocycles. The number of aromatic hydroxyl groups is 1. The zero-order chi connectivity index (χ0) is 15.4. The van der Waals surface area contributed by atoms with E-state index in [-0.39, 0.29) is 17.2 Å². The first-order valence-electron chi connectivity index (χ1n) is 6.61. The molecular formula is C16H18N2O3. The van der Waals surface area contributed by atoms with E-state index in [1.54, 1.807) is 18.2 Å². The predicted molar refractivity (Wildman–Crippen MR) is 82.9 cm³/mol. The van der Waals surface area contributed by atoms with E-state index in [2.05, 4.69) is 0 Å². The fourth-order valence-electron chi connectivity index (χ4n) is 2.12. The molecule has 0 spiro atoms. The fourth-order valence-corrected chi connectivity index (χ4v) is 2.12. The minimum atomic E-state index is -0.310. The standard InChI is InChI=1S/C16H18N2O3/c1-3-18(14-7-5-4-6-13(14)17)16(20)12-9-8-11(21-2)10-15(12)19/h4-10,19H,3,17H2,1-2H3. The molecule has 21 heavy (non-hydrogen) atoms. The van der Waals surface area contributed by atoms with Gasteiger partial charge in [0.1, 0.15) is 11.5 Å². The molecule has 5 nitrogen and oxygen atoms in total. The van der Waals surface area contributed by atoms with Gasteiger partial charge < -0.3 is 20.5 Å². The number of nitrogens with zero attached hydrogens (tertiary/aromatic N) is 1. The molecule has 110 valence electrons. The van der Waals surface area contributed by atoms with Crippen LogP contribution in [0.5, 0.6) is 11.5 Å². The third-order valence-electron chi connectivity index (χ3n) is 3.22. The highest BCUT2D eigenvalue weighted by Gasteiger charge is 2.21. The largest absolute Gasteiger partial charge is 0.507 e. The monoisotopic (exact) mass is 286 g/mol. The first-order valence-corrected chi connectivity index (χ1v) is 6.61. The molecule has 1 amide bonds. The van der Waals surface area contributed by atoms with Crippen LogP contribution in [-0.2, 0) is 0 Å². The molecule has 5 heteroatoms. The molecule has 0 aliphatic rings. The number of nitrogen functional groups attached to an aromatic ring is 1. The van der Waals surface area contributed by atoms with Crippen molar-refractivity contribution in [2.24, 2.45) is 0 Å². The molecule has 0 aliphatic heterocycles. The number of ether oxygens (including phenoxy) is 1. The van der Waals surface area contributed by atoms with Crippen LogP contribution < -0.4 is 15.4 Å². The number of hydrogen-bond donors (Lipinski definition) is 2. The number of carbonyl (C=O) groups excluding carboxylic acids is 1. The number of phenols is 1. The van der Waals surface area contributed by atoms with Gasteiger partial charge in [0.25, 0.3) is 5.91 Å². The van der Waals surface area contributed by atoms with E-state index in [1.165, 1.54) is 24.1 Å². The summed E-state index contributed by atoms with van der Waals surface area (Å²) in [4.78, 5) is 14.1. The second kappa shape index (κ2) is 6.17. The Morgan fingerprint density at radius 2 is 2.00 bits per heavy atom. The Balaban J connectivity index is 2.39. The first-order chi connectivity index (χ1) is 10.1. The number of nitrogens with two attached hydrogens (primary N) is 1. The molecule has 0 aromatic heterocycles. The van der Waals surface area contributed by atoms with Gasteiger partial charge in [-0.05, 0) is 31.2 Å². The van der Waals surface area contributed by atoms with E-state index >= 15 is 0 Å². The van der Waals surface area contributed by atoms with Crippen LogP contribution >= 0.6 is 0 Å². The van der Waals surface area contributed by atoms with E-state index in [4.69, 9.17) is 10.5 Å². The average Bonchev–Trinajstić information content (AvgIpc) is 2.49. The summed E-state index contributed by atoms with van der Waals surface area (Å²) >= 11 is 0. The highest BCUT2D eigenvalue weighted by Crippen LogP contribution is 2.28. The Morgan fingerprint density at radius 1 is 1.29 bits per heavy atom. The Bertz CT molecular complexity index is 656. The zero-order valence-electron chi connectivity index (χ0n) is 12.0. The van der Waals surface area contributed by atoms with E-state index in [1.807, 2.05) is 19.1 Å². The van der Waals surface area contributed by atoms with Crippen molar-refractivity contribution in [1.82, 2.24) is 0 Å². The predicted octanol–water partition coefficient (Wildman–Crippen LogP) is 2.65. The molecule has 3 N–H and O–H groups in total. The number of amides is 1. The molecule has 0 atom stereocenters. The summed E-state index contributed by atoms with van der Waals surface area (Å²) in [5.74, 6) is 0.0641. The SMILES string of the molecule is CCN(C(=O)c1ccc(OC)cc1O)c1ccccc1N. The normalized spacial score (nSPS) is 10.2. The highest BCUT2D eigenvalue weighted by molar-refractivity contribution is 6.09. The third kappa shape index (κ3) is 2.91. The van der Waals surface area contributed by atoms with Gasteiger partial charge in [-0.15, -0.1) is 0 Å². The lowest BCUT2D eigenvalue weighted by Crippen LogP contribution is -2.31. The number of hydrogen-bond acceptors (Lipinski definition) is 4. The maximum Gasteiger partial charge on any atom is 0.262 e. The smallest absolute Gasteiger partial charge is 0.262 e. The molecule has 0 fully saturated rings. The maximum absolute atomic E-state index is 12.6. The molecule has 0 unspecified atom stereocenters. The van der Waals surface area contributed by atoms with Gasteiger partial charge >= 0.3 is 0 Å². The number of phenolic OH excluding ortho intramolecular Hbond substituents is 1. The summed E-state index contributed by atoms with van der Waals surface area (Å²) in [6.07, 6.45) is 0. The van der Waals surface area contributed by atoms with Crippen molar-refractivity contribution in [1.29, 1.82) is 0 Å². The Morgan fingerprint density at radius 3 is 2.57 bits per heavy atom. The van der Waals surface area contributed by atoms with Crippen molar-refractivity contribution in [3.8, 4) is 11.5 Å². The van der Waals surface area contributed by atoms with Gasteiger partial charge in [-0.3, -0.25) is 4.79 Å². The van der Waals surface area contributed by atoms with Crippen molar-refractivity contribution in [3.05, 3.63) is 48.0 Å². The van der Waals surface area contributed by atoms with Crippen LogP contribution in [-0.4, -0.2) is 24.7 Å². The lowest BCUT2D eigenvalue weighted by Gasteiger charge is -2.23. The highest BCUT2D eigenvalue weighted by atomic mass is 16.5. The van der Waals surface area contributed by atoms with Gasteiger partial charge in [0.2, 0.25) is 0 Å². The summed E-state index contributed by atoms with van der Waals surface area (Å²) in [6, 6.07) is 11.7. The molecule has 2 rings (SSSR count). The molecule has 0 saturated heterocycles. The second-order valence-electron chi connectivity index (χ2n) is 4.49. The van der Waals surface area contributed by atoms with Crippen LogP contribution in [0, 0.1) is 0 Å². The molecule has 2 aromatic rings. The minimum Gasteiger partial charge on any atom is -0.507 e. The zero-order valence-corrected chi connectivity index (χ0v) is 12.0. The molecule has 0 radical (unpaired) electrons. The minimum absolute atomic E-state index is 0.118. The van der Waals surface area contributed by atoms with Gasteiger partial charge in [-0.2, -0.15) is 0 Å². The topological polar surface area (TPSA) is 75.8 Å². The number of anilines is 2. The number of methoxy groups -OCH3 is 1. The Labute approximate surface area is 123 Å². The van der Waals surface area contributed by atoms with Gasteiger partial charge in [-0.1, -0.05) is 12.1 Å². The third-order valence-corrected chi connectivity index (χ3v) is 3.22. The fraction of sp³-hybridized carbons (Fsp3) is 0.188. The number of carbonyl (C=O) groups is 1. The van der Waals surface area contributed by atoms with E-state index < -0.39 is 0 Å². The van der Waals surface area contributed by atoms with Crippen molar-refractivity contribution in [2.45, 2.75) is 6.92 Å². The van der Waals surface area contributed by atoms with Gasteiger partial charge in [0.05, 0.1) is 24.0 Å². The van der Waals surface area contributed by atoms with Crippen molar-refractivity contribution >= 4 is 17.3 Å². The summed E-state index contributed by atoms with van der Waals surface area (Å²) in [5, 5.41) is 9.99. The van der Waals surface area contributed by atoms with Crippen LogP contribution in [0.1, 0.15) is 17.3 Å². The van der Waals surface area contributed by atoms with E-state index in [9.17, 15) is 9.90 Å². The van der Waals surface area contributed by atoms with Crippen LogP contribution in [0.25, 0.3) is 0 Å². The van der Waals surface area contributed by atoms with Gasteiger partial charge in [0, 0.05) is 12.6 Å². The Kier molecular flexibility index (Phi) is 4.33. The van der Waals surface area contributed by atoms with Gasteiger partial charge in [-0.25, -0.2) is 0 Å². The summed E-state index contributed by atoms with van der Waals surface area (Å²) in [5.41, 5.74) is 7.27.